The minimum absolute atomic E-state index is 0.0275. The van der Waals surface area contributed by atoms with Crippen molar-refractivity contribution in [3.63, 3.8) is 0 Å². The maximum absolute atomic E-state index is 11.0. The predicted molar refractivity (Wildman–Crippen MR) is 42.7 cm³/mol. The van der Waals surface area contributed by atoms with Gasteiger partial charge in [-0.25, -0.2) is 0 Å². The fourth-order valence-corrected chi connectivity index (χ4v) is 1.63. The molecule has 0 radical (unpaired) electrons. The second kappa shape index (κ2) is 3.86. The number of ketones is 2. The minimum atomic E-state index is -0.0752. The van der Waals surface area contributed by atoms with Crippen LogP contribution in [0.3, 0.4) is 0 Å². The first-order valence-corrected chi connectivity index (χ1v) is 4.38. The van der Waals surface area contributed by atoms with Crippen LogP contribution in [0.15, 0.2) is 0 Å². The van der Waals surface area contributed by atoms with E-state index < -0.39 is 0 Å². The van der Waals surface area contributed by atoms with E-state index in [2.05, 4.69) is 0 Å². The SMILES string of the molecule is O=C1CCCC(C(=O)CCl)C1. The normalized spacial score (nSPS) is 25.2. The molecule has 2 nitrogen and oxygen atoms in total. The van der Waals surface area contributed by atoms with Gasteiger partial charge in [0.15, 0.2) is 5.78 Å². The second-order valence-corrected chi connectivity index (χ2v) is 3.20. The summed E-state index contributed by atoms with van der Waals surface area (Å²) in [6, 6.07) is 0. The molecule has 1 rings (SSSR count). The number of rotatable bonds is 2. The van der Waals surface area contributed by atoms with Gasteiger partial charge in [-0.3, -0.25) is 9.59 Å². The summed E-state index contributed by atoms with van der Waals surface area (Å²) in [6.07, 6.45) is 2.76. The Labute approximate surface area is 70.9 Å². The Morgan fingerprint density at radius 3 is 2.91 bits per heavy atom. The van der Waals surface area contributed by atoms with Crippen LogP contribution in [0.5, 0.6) is 0 Å². The van der Waals surface area contributed by atoms with Crippen LogP contribution in [0.4, 0.5) is 0 Å². The van der Waals surface area contributed by atoms with Crippen molar-refractivity contribution in [1.82, 2.24) is 0 Å². The first kappa shape index (κ1) is 8.72. The average molecular weight is 175 g/mol. The summed E-state index contributed by atoms with van der Waals surface area (Å²) in [4.78, 5) is 21.9. The minimum Gasteiger partial charge on any atom is -0.300 e. The Hall–Kier alpha value is -0.370. The molecule has 0 aromatic rings. The highest BCUT2D eigenvalue weighted by molar-refractivity contribution is 6.28. The zero-order valence-electron chi connectivity index (χ0n) is 6.31. The first-order valence-electron chi connectivity index (χ1n) is 3.84. The predicted octanol–water partition coefficient (Wildman–Crippen LogP) is 1.55. The summed E-state index contributed by atoms with van der Waals surface area (Å²) in [5.41, 5.74) is 0. The summed E-state index contributed by atoms with van der Waals surface area (Å²) in [5.74, 6) is 0.214. The van der Waals surface area contributed by atoms with E-state index in [1.54, 1.807) is 0 Å². The number of hydrogen-bond acceptors (Lipinski definition) is 2. The molecule has 3 heteroatoms. The van der Waals surface area contributed by atoms with Crippen LogP contribution in [0.1, 0.15) is 25.7 Å². The van der Waals surface area contributed by atoms with Crippen LogP contribution in [0.25, 0.3) is 0 Å². The fourth-order valence-electron chi connectivity index (χ4n) is 1.41. The number of carbonyl (C=O) groups excluding carboxylic acids is 2. The van der Waals surface area contributed by atoms with Gasteiger partial charge in [-0.2, -0.15) is 0 Å². The van der Waals surface area contributed by atoms with Gasteiger partial charge < -0.3 is 0 Å². The molecule has 1 saturated carbocycles. The molecule has 0 spiro atoms. The molecular formula is C8H11ClO2. The highest BCUT2D eigenvalue weighted by atomic mass is 35.5. The second-order valence-electron chi connectivity index (χ2n) is 2.93. The molecule has 0 amide bonds. The van der Waals surface area contributed by atoms with Gasteiger partial charge in [0.05, 0.1) is 5.88 Å². The Kier molecular flexibility index (Phi) is 3.06. The van der Waals surface area contributed by atoms with Crippen LogP contribution in [0.2, 0.25) is 0 Å². The molecule has 0 N–H and O–H groups in total. The molecule has 11 heavy (non-hydrogen) atoms. The zero-order valence-corrected chi connectivity index (χ0v) is 7.06. The lowest BCUT2D eigenvalue weighted by Crippen LogP contribution is -2.23. The van der Waals surface area contributed by atoms with Crippen LogP contribution in [0, 0.1) is 5.92 Å². The number of Topliss-reactive ketones (excluding diaryl/α,β-unsaturated/α-hetero) is 2. The van der Waals surface area contributed by atoms with Gasteiger partial charge in [-0.15, -0.1) is 11.6 Å². The van der Waals surface area contributed by atoms with Crippen molar-refractivity contribution in [1.29, 1.82) is 0 Å². The van der Waals surface area contributed by atoms with Gasteiger partial charge in [-0.1, -0.05) is 0 Å². The Morgan fingerprint density at radius 2 is 2.36 bits per heavy atom. The van der Waals surface area contributed by atoms with Crippen LogP contribution in [-0.2, 0) is 9.59 Å². The van der Waals surface area contributed by atoms with Crippen molar-refractivity contribution >= 4 is 23.2 Å². The lowest BCUT2D eigenvalue weighted by Gasteiger charge is -2.17. The number of hydrogen-bond donors (Lipinski definition) is 0. The maximum atomic E-state index is 11.0. The molecule has 0 aromatic carbocycles. The van der Waals surface area contributed by atoms with E-state index in [1.807, 2.05) is 0 Å². The van der Waals surface area contributed by atoms with Crippen molar-refractivity contribution in [3.05, 3.63) is 0 Å². The molecule has 1 fully saturated rings. The van der Waals surface area contributed by atoms with Crippen molar-refractivity contribution in [2.45, 2.75) is 25.7 Å². The number of carbonyl (C=O) groups is 2. The average Bonchev–Trinajstić information content (AvgIpc) is 2.03. The fraction of sp³-hybridized carbons (Fsp3) is 0.750. The van der Waals surface area contributed by atoms with Gasteiger partial charge in [0.25, 0.3) is 0 Å². The smallest absolute Gasteiger partial charge is 0.151 e. The third kappa shape index (κ3) is 2.29. The summed E-state index contributed by atoms with van der Waals surface area (Å²) < 4.78 is 0. The Balaban J connectivity index is 2.45. The number of halogens is 1. The quantitative estimate of drug-likeness (QED) is 0.596. The molecule has 0 aromatic heterocycles. The molecule has 62 valence electrons. The molecular weight excluding hydrogens is 164 g/mol. The van der Waals surface area contributed by atoms with E-state index in [-0.39, 0.29) is 23.4 Å². The van der Waals surface area contributed by atoms with Crippen molar-refractivity contribution < 1.29 is 9.59 Å². The van der Waals surface area contributed by atoms with E-state index in [0.717, 1.165) is 12.8 Å². The van der Waals surface area contributed by atoms with Crippen molar-refractivity contribution in [3.8, 4) is 0 Å². The molecule has 0 saturated heterocycles. The molecule has 1 aliphatic rings. The Morgan fingerprint density at radius 1 is 1.64 bits per heavy atom. The van der Waals surface area contributed by atoms with Gasteiger partial charge in [0, 0.05) is 18.8 Å². The lowest BCUT2D eigenvalue weighted by atomic mass is 9.86. The summed E-state index contributed by atoms with van der Waals surface area (Å²) in [6.45, 7) is 0. The zero-order chi connectivity index (χ0) is 8.27. The molecule has 0 bridgehead atoms. The largest absolute Gasteiger partial charge is 0.300 e. The molecule has 1 aliphatic carbocycles. The van der Waals surface area contributed by atoms with E-state index in [9.17, 15) is 9.59 Å². The van der Waals surface area contributed by atoms with Crippen LogP contribution in [-0.4, -0.2) is 17.4 Å². The molecule has 0 aliphatic heterocycles. The topological polar surface area (TPSA) is 34.1 Å². The third-order valence-electron chi connectivity index (χ3n) is 2.07. The third-order valence-corrected chi connectivity index (χ3v) is 2.33. The van der Waals surface area contributed by atoms with Gasteiger partial charge in [0.2, 0.25) is 0 Å². The first-order chi connectivity index (χ1) is 5.24. The highest BCUT2D eigenvalue weighted by Crippen LogP contribution is 2.22. The molecule has 0 heterocycles. The van der Waals surface area contributed by atoms with Gasteiger partial charge in [0.1, 0.15) is 5.78 Å². The highest BCUT2D eigenvalue weighted by Gasteiger charge is 2.24. The van der Waals surface area contributed by atoms with E-state index >= 15 is 0 Å². The van der Waals surface area contributed by atoms with Gasteiger partial charge >= 0.3 is 0 Å². The van der Waals surface area contributed by atoms with Crippen LogP contribution >= 0.6 is 11.6 Å². The van der Waals surface area contributed by atoms with Crippen molar-refractivity contribution in [2.75, 3.05) is 5.88 Å². The monoisotopic (exact) mass is 174 g/mol. The number of alkyl halides is 1. The summed E-state index contributed by atoms with van der Waals surface area (Å²) in [5, 5.41) is 0. The lowest BCUT2D eigenvalue weighted by molar-refractivity contribution is -0.128. The Bertz CT molecular complexity index is 177. The van der Waals surface area contributed by atoms with Crippen molar-refractivity contribution in [2.24, 2.45) is 5.92 Å². The molecule has 1 unspecified atom stereocenters. The van der Waals surface area contributed by atoms with Crippen LogP contribution < -0.4 is 0 Å². The van der Waals surface area contributed by atoms with E-state index in [4.69, 9.17) is 11.6 Å². The van der Waals surface area contributed by atoms with E-state index in [1.165, 1.54) is 0 Å². The standard InChI is InChI=1S/C8H11ClO2/c9-5-8(11)6-2-1-3-7(10)4-6/h6H,1-5H2. The van der Waals surface area contributed by atoms with Gasteiger partial charge in [-0.05, 0) is 12.8 Å². The van der Waals surface area contributed by atoms with E-state index in [0.29, 0.717) is 12.8 Å². The summed E-state index contributed by atoms with van der Waals surface area (Å²) in [7, 11) is 0. The molecule has 1 atom stereocenters. The summed E-state index contributed by atoms with van der Waals surface area (Å²) >= 11 is 5.37. The maximum Gasteiger partial charge on any atom is 0.151 e.